The molecule has 2 aromatic carbocycles. The van der Waals surface area contributed by atoms with Crippen molar-refractivity contribution in [1.29, 1.82) is 0 Å². The average molecular weight is 380 g/mol. The lowest BCUT2D eigenvalue weighted by Crippen LogP contribution is -2.34. The zero-order chi connectivity index (χ0) is 19.8. The summed E-state index contributed by atoms with van der Waals surface area (Å²) in [5.41, 5.74) is 2.67. The minimum absolute atomic E-state index is 0.243. The first kappa shape index (κ1) is 17.7. The van der Waals surface area contributed by atoms with Gasteiger partial charge < -0.3 is 15.4 Å². The third kappa shape index (κ3) is 3.20. The first-order valence-electron chi connectivity index (χ1n) is 8.66. The van der Waals surface area contributed by atoms with Crippen molar-refractivity contribution in [3.63, 3.8) is 0 Å². The Morgan fingerprint density at radius 1 is 1.25 bits per heavy atom. The number of halogens is 1. The molecule has 7 nitrogen and oxygen atoms in total. The molecule has 0 radical (unpaired) electrons. The predicted octanol–water partition coefficient (Wildman–Crippen LogP) is 3.29. The molecule has 0 saturated carbocycles. The normalized spacial score (nSPS) is 15.4. The van der Waals surface area contributed by atoms with Crippen LogP contribution in [0, 0.1) is 12.7 Å². The van der Waals surface area contributed by atoms with Crippen molar-refractivity contribution >= 4 is 23.2 Å². The first-order chi connectivity index (χ1) is 13.4. The molecule has 142 valence electrons. The van der Waals surface area contributed by atoms with Crippen molar-refractivity contribution in [3.8, 4) is 11.4 Å². The van der Waals surface area contributed by atoms with Crippen molar-refractivity contribution in [1.82, 2.24) is 9.78 Å². The number of nitrogens with one attached hydrogen (secondary N) is 2. The molecule has 0 saturated heterocycles. The number of benzene rings is 2. The van der Waals surface area contributed by atoms with Crippen molar-refractivity contribution in [2.75, 3.05) is 10.6 Å². The van der Waals surface area contributed by atoms with Gasteiger partial charge in [-0.2, -0.15) is 5.10 Å². The highest BCUT2D eigenvalue weighted by atomic mass is 19.1. The summed E-state index contributed by atoms with van der Waals surface area (Å²) in [7, 11) is 0. The number of rotatable bonds is 3. The summed E-state index contributed by atoms with van der Waals surface area (Å²) in [6.07, 6.45) is 0.895. The standard InChI is InChI=1S/C20H17FN4O3/c1-11-16(10-22-25(11)15-6-3-13(21)4-7-15)20(27)23-14-5-8-18-17(9-14)24-19(26)12(2)28-18/h3-10,12H,1-2H3,(H,23,27)(H,24,26). The van der Waals surface area contributed by atoms with Crippen LogP contribution in [0.2, 0.25) is 0 Å². The molecule has 0 bridgehead atoms. The molecule has 1 aliphatic heterocycles. The topological polar surface area (TPSA) is 85.2 Å². The Morgan fingerprint density at radius 3 is 2.75 bits per heavy atom. The van der Waals surface area contributed by atoms with Gasteiger partial charge in [0.15, 0.2) is 6.10 Å². The smallest absolute Gasteiger partial charge is 0.265 e. The third-order valence-corrected chi connectivity index (χ3v) is 4.49. The molecular weight excluding hydrogens is 363 g/mol. The van der Waals surface area contributed by atoms with Gasteiger partial charge in [0.25, 0.3) is 11.8 Å². The lowest BCUT2D eigenvalue weighted by Gasteiger charge is -2.23. The number of hydrogen-bond donors (Lipinski definition) is 2. The van der Waals surface area contributed by atoms with Crippen molar-refractivity contribution < 1.29 is 18.7 Å². The van der Waals surface area contributed by atoms with Crippen LogP contribution in [0.1, 0.15) is 23.0 Å². The van der Waals surface area contributed by atoms with Crippen LogP contribution in [0.5, 0.6) is 5.75 Å². The third-order valence-electron chi connectivity index (χ3n) is 4.49. The lowest BCUT2D eigenvalue weighted by molar-refractivity contribution is -0.122. The van der Waals surface area contributed by atoms with Crippen LogP contribution in [0.3, 0.4) is 0 Å². The van der Waals surface area contributed by atoms with Gasteiger partial charge in [0.2, 0.25) is 0 Å². The largest absolute Gasteiger partial charge is 0.479 e. The average Bonchev–Trinajstić information content (AvgIpc) is 3.05. The van der Waals surface area contributed by atoms with E-state index in [0.717, 1.165) is 0 Å². The monoisotopic (exact) mass is 380 g/mol. The molecule has 2 amide bonds. The van der Waals surface area contributed by atoms with E-state index in [2.05, 4.69) is 15.7 Å². The van der Waals surface area contributed by atoms with Gasteiger partial charge in [0.05, 0.1) is 28.8 Å². The number of hydrogen-bond acceptors (Lipinski definition) is 4. The van der Waals surface area contributed by atoms with Gasteiger partial charge in [0.1, 0.15) is 11.6 Å². The zero-order valence-electron chi connectivity index (χ0n) is 15.2. The quantitative estimate of drug-likeness (QED) is 0.730. The van der Waals surface area contributed by atoms with E-state index in [-0.39, 0.29) is 17.6 Å². The maximum Gasteiger partial charge on any atom is 0.265 e. The highest BCUT2D eigenvalue weighted by Crippen LogP contribution is 2.32. The summed E-state index contributed by atoms with van der Waals surface area (Å²) in [5, 5.41) is 9.76. The molecular formula is C20H17FN4O3. The molecule has 1 aliphatic rings. The maximum absolute atomic E-state index is 13.1. The van der Waals surface area contributed by atoms with E-state index in [1.807, 2.05) is 0 Å². The minimum atomic E-state index is -0.562. The summed E-state index contributed by atoms with van der Waals surface area (Å²) in [5.74, 6) is -0.385. The summed E-state index contributed by atoms with van der Waals surface area (Å²) >= 11 is 0. The number of aromatic nitrogens is 2. The maximum atomic E-state index is 13.1. The Morgan fingerprint density at radius 2 is 2.00 bits per heavy atom. The number of ether oxygens (including phenoxy) is 1. The fourth-order valence-electron chi connectivity index (χ4n) is 2.96. The first-order valence-corrected chi connectivity index (χ1v) is 8.66. The molecule has 1 atom stereocenters. The Balaban J connectivity index is 1.56. The summed E-state index contributed by atoms with van der Waals surface area (Å²) in [6, 6.07) is 10.9. The Kier molecular flexibility index (Phi) is 4.31. The van der Waals surface area contributed by atoms with Crippen molar-refractivity contribution in [2.24, 2.45) is 0 Å². The Hall–Kier alpha value is -3.68. The number of fused-ring (bicyclic) bond motifs is 1. The van der Waals surface area contributed by atoms with Gasteiger partial charge in [-0.1, -0.05) is 0 Å². The molecule has 0 spiro atoms. The Labute approximate surface area is 160 Å². The van der Waals surface area contributed by atoms with Gasteiger partial charge in [0, 0.05) is 5.69 Å². The van der Waals surface area contributed by atoms with Crippen LogP contribution in [0.4, 0.5) is 15.8 Å². The van der Waals surface area contributed by atoms with E-state index in [1.54, 1.807) is 48.9 Å². The molecule has 1 unspecified atom stereocenters. The molecule has 1 aromatic heterocycles. The van der Waals surface area contributed by atoms with Crippen LogP contribution in [-0.2, 0) is 4.79 Å². The zero-order valence-corrected chi connectivity index (χ0v) is 15.2. The molecule has 8 heteroatoms. The Bertz CT molecular complexity index is 1080. The molecule has 0 aliphatic carbocycles. The van der Waals surface area contributed by atoms with E-state index >= 15 is 0 Å². The number of nitrogens with zero attached hydrogens (tertiary/aromatic N) is 2. The van der Waals surface area contributed by atoms with E-state index in [1.165, 1.54) is 18.3 Å². The van der Waals surface area contributed by atoms with Crippen molar-refractivity contribution in [2.45, 2.75) is 20.0 Å². The second kappa shape index (κ2) is 6.80. The van der Waals surface area contributed by atoms with Crippen LogP contribution in [0.25, 0.3) is 5.69 Å². The molecule has 3 aromatic rings. The van der Waals surface area contributed by atoms with Crippen LogP contribution < -0.4 is 15.4 Å². The molecule has 28 heavy (non-hydrogen) atoms. The highest BCUT2D eigenvalue weighted by molar-refractivity contribution is 6.06. The van der Waals surface area contributed by atoms with Crippen LogP contribution in [-0.4, -0.2) is 27.7 Å². The molecule has 2 N–H and O–H groups in total. The second-order valence-corrected chi connectivity index (χ2v) is 6.45. The van der Waals surface area contributed by atoms with E-state index in [0.29, 0.717) is 34.1 Å². The number of carbonyl (C=O) groups is 2. The van der Waals surface area contributed by atoms with E-state index in [4.69, 9.17) is 4.74 Å². The molecule has 4 rings (SSSR count). The minimum Gasteiger partial charge on any atom is -0.479 e. The molecule has 0 fully saturated rings. The number of amides is 2. The van der Waals surface area contributed by atoms with Gasteiger partial charge in [-0.3, -0.25) is 9.59 Å². The summed E-state index contributed by atoms with van der Waals surface area (Å²) < 4.78 is 20.2. The van der Waals surface area contributed by atoms with E-state index in [9.17, 15) is 14.0 Å². The second-order valence-electron chi connectivity index (χ2n) is 6.45. The predicted molar refractivity (Wildman–Crippen MR) is 101 cm³/mol. The van der Waals surface area contributed by atoms with Gasteiger partial charge in [-0.15, -0.1) is 0 Å². The lowest BCUT2D eigenvalue weighted by atomic mass is 10.2. The highest BCUT2D eigenvalue weighted by Gasteiger charge is 2.24. The van der Waals surface area contributed by atoms with E-state index < -0.39 is 6.10 Å². The fourth-order valence-corrected chi connectivity index (χ4v) is 2.96. The summed E-state index contributed by atoms with van der Waals surface area (Å²) in [4.78, 5) is 24.4. The summed E-state index contributed by atoms with van der Waals surface area (Å²) in [6.45, 7) is 3.42. The van der Waals surface area contributed by atoms with Crippen molar-refractivity contribution in [3.05, 3.63) is 65.7 Å². The van der Waals surface area contributed by atoms with Gasteiger partial charge >= 0.3 is 0 Å². The molecule has 2 heterocycles. The fraction of sp³-hybridized carbons (Fsp3) is 0.150. The SMILES string of the molecule is Cc1c(C(=O)Nc2ccc3c(c2)NC(=O)C(C)O3)cnn1-c1ccc(F)cc1. The van der Waals surface area contributed by atoms with Gasteiger partial charge in [-0.25, -0.2) is 9.07 Å². The van der Waals surface area contributed by atoms with Crippen LogP contribution >= 0.6 is 0 Å². The van der Waals surface area contributed by atoms with Gasteiger partial charge in [-0.05, 0) is 56.3 Å². The number of carbonyl (C=O) groups excluding carboxylic acids is 2. The van der Waals surface area contributed by atoms with Crippen LogP contribution in [0.15, 0.2) is 48.7 Å². The number of anilines is 2.